The van der Waals surface area contributed by atoms with Crippen molar-refractivity contribution in [2.45, 2.75) is 57.7 Å². The SMILES string of the molecule is C[C@@H]1CC(=O)O[C@@H]([C@H](C)O)/C=C/C(=O)O[C@@H](C)[C@H](O)/C=C/C(=O)O1. The van der Waals surface area contributed by atoms with Crippen molar-refractivity contribution in [3.63, 3.8) is 0 Å². The van der Waals surface area contributed by atoms with E-state index in [-0.39, 0.29) is 6.42 Å². The van der Waals surface area contributed by atoms with Crippen LogP contribution >= 0.6 is 0 Å². The highest BCUT2D eigenvalue weighted by Crippen LogP contribution is 2.09. The molecule has 134 valence electrons. The lowest BCUT2D eigenvalue weighted by molar-refractivity contribution is -0.156. The highest BCUT2D eigenvalue weighted by molar-refractivity contribution is 5.83. The summed E-state index contributed by atoms with van der Waals surface area (Å²) in [5.41, 5.74) is 0. The molecule has 0 aliphatic carbocycles. The summed E-state index contributed by atoms with van der Waals surface area (Å²) in [6.07, 6.45) is -0.905. The van der Waals surface area contributed by atoms with Crippen LogP contribution in [0.2, 0.25) is 0 Å². The molecule has 0 aromatic rings. The summed E-state index contributed by atoms with van der Waals surface area (Å²) >= 11 is 0. The van der Waals surface area contributed by atoms with Gasteiger partial charge in [0, 0.05) is 12.2 Å². The minimum atomic E-state index is -1.21. The molecule has 0 spiro atoms. The molecule has 0 aromatic heterocycles. The first-order valence-corrected chi connectivity index (χ1v) is 7.52. The number of ether oxygens (including phenoxy) is 3. The third-order valence-electron chi connectivity index (χ3n) is 3.15. The zero-order valence-electron chi connectivity index (χ0n) is 13.7. The summed E-state index contributed by atoms with van der Waals surface area (Å²) in [5.74, 6) is -2.25. The molecule has 24 heavy (non-hydrogen) atoms. The van der Waals surface area contributed by atoms with E-state index in [2.05, 4.69) is 0 Å². The molecular weight excluding hydrogens is 320 g/mol. The molecule has 1 heterocycles. The predicted molar refractivity (Wildman–Crippen MR) is 81.6 cm³/mol. The van der Waals surface area contributed by atoms with E-state index in [0.717, 1.165) is 18.2 Å². The van der Waals surface area contributed by atoms with Gasteiger partial charge >= 0.3 is 17.9 Å². The molecule has 0 radical (unpaired) electrons. The Balaban J connectivity index is 2.98. The highest BCUT2D eigenvalue weighted by atomic mass is 16.6. The molecule has 0 amide bonds. The van der Waals surface area contributed by atoms with Crippen LogP contribution in [0.4, 0.5) is 0 Å². The van der Waals surface area contributed by atoms with Crippen molar-refractivity contribution in [2.75, 3.05) is 0 Å². The zero-order valence-corrected chi connectivity index (χ0v) is 13.7. The number of cyclic esters (lactones) is 3. The lowest BCUT2D eigenvalue weighted by atomic mass is 10.2. The van der Waals surface area contributed by atoms with Gasteiger partial charge in [-0.2, -0.15) is 0 Å². The fourth-order valence-electron chi connectivity index (χ4n) is 1.81. The Kier molecular flexibility index (Phi) is 7.60. The van der Waals surface area contributed by atoms with Crippen molar-refractivity contribution >= 4 is 17.9 Å². The molecule has 5 atom stereocenters. The largest absolute Gasteiger partial charge is 0.459 e. The molecule has 1 rings (SSSR count). The fourth-order valence-corrected chi connectivity index (χ4v) is 1.81. The molecule has 0 saturated carbocycles. The normalized spacial score (nSPS) is 34.0. The van der Waals surface area contributed by atoms with E-state index < -0.39 is 48.4 Å². The minimum absolute atomic E-state index is 0.222. The molecule has 1 aliphatic heterocycles. The second-order valence-corrected chi connectivity index (χ2v) is 5.50. The standard InChI is InChI=1S/C16H22O8/c1-9-8-16(21)24-13(10(2)17)5-7-15(20)23-11(3)12(18)4-6-14(19)22-9/h4-7,9-13,17-18H,8H2,1-3H3/b6-4+,7-5+/t9-,10+,11+,12-,13-/m1/s1. The van der Waals surface area contributed by atoms with Crippen molar-refractivity contribution in [1.29, 1.82) is 0 Å². The predicted octanol–water partition coefficient (Wildman–Crippen LogP) is 0.0194. The summed E-state index contributed by atoms with van der Waals surface area (Å²) in [6, 6.07) is 0. The number of hydrogen-bond donors (Lipinski definition) is 2. The molecule has 0 unspecified atom stereocenters. The van der Waals surface area contributed by atoms with Crippen LogP contribution < -0.4 is 0 Å². The Labute approximate surface area is 139 Å². The van der Waals surface area contributed by atoms with Crippen molar-refractivity contribution in [3.8, 4) is 0 Å². The number of carbonyl (C=O) groups is 3. The number of aliphatic hydroxyl groups excluding tert-OH is 2. The van der Waals surface area contributed by atoms with Crippen LogP contribution in [-0.4, -0.2) is 58.6 Å². The van der Waals surface area contributed by atoms with Crippen molar-refractivity contribution in [3.05, 3.63) is 24.3 Å². The monoisotopic (exact) mass is 342 g/mol. The molecule has 0 bridgehead atoms. The maximum Gasteiger partial charge on any atom is 0.330 e. The van der Waals surface area contributed by atoms with Gasteiger partial charge in [0.05, 0.1) is 12.5 Å². The van der Waals surface area contributed by atoms with Crippen LogP contribution in [0.25, 0.3) is 0 Å². The number of hydrogen-bond acceptors (Lipinski definition) is 8. The minimum Gasteiger partial charge on any atom is -0.459 e. The van der Waals surface area contributed by atoms with E-state index in [1.807, 2.05) is 0 Å². The van der Waals surface area contributed by atoms with E-state index in [1.165, 1.54) is 26.8 Å². The smallest absolute Gasteiger partial charge is 0.330 e. The Bertz CT molecular complexity index is 522. The van der Waals surface area contributed by atoms with Crippen LogP contribution in [0.1, 0.15) is 27.2 Å². The number of rotatable bonds is 1. The van der Waals surface area contributed by atoms with Crippen molar-refractivity contribution in [1.82, 2.24) is 0 Å². The first-order chi connectivity index (χ1) is 11.2. The lowest BCUT2D eigenvalue weighted by Gasteiger charge is -2.18. The molecule has 8 heteroatoms. The van der Waals surface area contributed by atoms with Crippen LogP contribution in [0.5, 0.6) is 0 Å². The first kappa shape index (κ1) is 19.9. The Hall–Kier alpha value is -2.19. The van der Waals surface area contributed by atoms with Gasteiger partial charge < -0.3 is 24.4 Å². The Morgan fingerprint density at radius 3 is 2.25 bits per heavy atom. The van der Waals surface area contributed by atoms with E-state index in [9.17, 15) is 24.6 Å². The molecule has 1 aliphatic rings. The topological polar surface area (TPSA) is 119 Å². The van der Waals surface area contributed by atoms with Gasteiger partial charge in [0.25, 0.3) is 0 Å². The Morgan fingerprint density at radius 2 is 1.62 bits per heavy atom. The molecule has 0 aromatic carbocycles. The lowest BCUT2D eigenvalue weighted by Crippen LogP contribution is -2.29. The quantitative estimate of drug-likeness (QED) is 0.505. The molecule has 2 N–H and O–H groups in total. The molecular formula is C16H22O8. The molecule has 0 saturated heterocycles. The second-order valence-electron chi connectivity index (χ2n) is 5.50. The van der Waals surface area contributed by atoms with Crippen molar-refractivity contribution in [2.24, 2.45) is 0 Å². The van der Waals surface area contributed by atoms with Crippen LogP contribution in [0.3, 0.4) is 0 Å². The maximum absolute atomic E-state index is 11.8. The summed E-state index contributed by atoms with van der Waals surface area (Å²) < 4.78 is 15.0. The zero-order chi connectivity index (χ0) is 18.3. The first-order valence-electron chi connectivity index (χ1n) is 7.52. The summed E-state index contributed by atoms with van der Waals surface area (Å²) in [4.78, 5) is 35.1. The van der Waals surface area contributed by atoms with Gasteiger partial charge in [-0.25, -0.2) is 9.59 Å². The van der Waals surface area contributed by atoms with Gasteiger partial charge in [-0.15, -0.1) is 0 Å². The number of aliphatic hydroxyl groups is 2. The van der Waals surface area contributed by atoms with Crippen molar-refractivity contribution < 1.29 is 38.8 Å². The average molecular weight is 342 g/mol. The summed E-state index contributed by atoms with van der Waals surface area (Å²) in [7, 11) is 0. The van der Waals surface area contributed by atoms with Gasteiger partial charge in [0.15, 0.2) is 0 Å². The fraction of sp³-hybridized carbons (Fsp3) is 0.562. The van der Waals surface area contributed by atoms with E-state index >= 15 is 0 Å². The van der Waals surface area contributed by atoms with Gasteiger partial charge in [0.2, 0.25) is 0 Å². The van der Waals surface area contributed by atoms with Gasteiger partial charge in [-0.3, -0.25) is 4.79 Å². The van der Waals surface area contributed by atoms with Gasteiger partial charge in [-0.1, -0.05) is 0 Å². The van der Waals surface area contributed by atoms with Crippen LogP contribution in [0.15, 0.2) is 24.3 Å². The molecule has 0 fully saturated rings. The third kappa shape index (κ3) is 6.93. The van der Waals surface area contributed by atoms with E-state index in [1.54, 1.807) is 0 Å². The third-order valence-corrected chi connectivity index (χ3v) is 3.15. The van der Waals surface area contributed by atoms with E-state index in [0.29, 0.717) is 0 Å². The van der Waals surface area contributed by atoms with Crippen LogP contribution in [0, 0.1) is 0 Å². The Morgan fingerprint density at radius 1 is 1.04 bits per heavy atom. The van der Waals surface area contributed by atoms with E-state index in [4.69, 9.17) is 14.2 Å². The van der Waals surface area contributed by atoms with Gasteiger partial charge in [-0.05, 0) is 32.9 Å². The van der Waals surface area contributed by atoms with Crippen LogP contribution in [-0.2, 0) is 28.6 Å². The number of carbonyl (C=O) groups excluding carboxylic acids is 3. The average Bonchev–Trinajstić information content (AvgIpc) is 2.47. The highest BCUT2D eigenvalue weighted by Gasteiger charge is 2.22. The second kappa shape index (κ2) is 9.19. The number of esters is 3. The summed E-state index contributed by atoms with van der Waals surface area (Å²) in [6.45, 7) is 4.34. The summed E-state index contributed by atoms with van der Waals surface area (Å²) in [5, 5.41) is 19.4. The van der Waals surface area contributed by atoms with Gasteiger partial charge in [0.1, 0.15) is 24.4 Å². The maximum atomic E-state index is 11.8. The molecule has 8 nitrogen and oxygen atoms in total.